The van der Waals surface area contributed by atoms with Crippen LogP contribution in [0.15, 0.2) is 48.7 Å². The second kappa shape index (κ2) is 6.32. The van der Waals surface area contributed by atoms with Crippen LogP contribution in [0.4, 0.5) is 0 Å². The summed E-state index contributed by atoms with van der Waals surface area (Å²) in [7, 11) is 0. The molecule has 116 valence electrons. The van der Waals surface area contributed by atoms with Crippen molar-refractivity contribution in [3.8, 4) is 11.3 Å². The Balaban J connectivity index is 1.84. The van der Waals surface area contributed by atoms with Crippen LogP contribution in [0.1, 0.15) is 24.0 Å². The summed E-state index contributed by atoms with van der Waals surface area (Å²) in [6.45, 7) is 4.32. The van der Waals surface area contributed by atoms with Crippen molar-refractivity contribution in [3.63, 3.8) is 0 Å². The number of benzene rings is 2. The minimum atomic E-state index is -1.34. The van der Waals surface area contributed by atoms with Crippen LogP contribution in [0, 0.1) is 13.8 Å². The first kappa shape index (κ1) is 15.3. The summed E-state index contributed by atoms with van der Waals surface area (Å²) < 4.78 is 4.81. The number of pyridine rings is 1. The van der Waals surface area contributed by atoms with Crippen molar-refractivity contribution in [1.29, 1.82) is 0 Å². The first-order chi connectivity index (χ1) is 11.2. The van der Waals surface area contributed by atoms with Crippen LogP contribution in [-0.4, -0.2) is 26.7 Å². The van der Waals surface area contributed by atoms with E-state index in [-0.39, 0.29) is 0 Å². The second-order valence-corrected chi connectivity index (χ2v) is 16.3. The summed E-state index contributed by atoms with van der Waals surface area (Å²) in [6.07, 6.45) is 4.92. The summed E-state index contributed by atoms with van der Waals surface area (Å²) in [5.74, 6) is 0. The number of rotatable bonds is 2. The molecule has 3 aromatic rings. The molecule has 2 aromatic carbocycles. The molecule has 0 unspecified atom stereocenters. The van der Waals surface area contributed by atoms with Gasteiger partial charge in [0.25, 0.3) is 0 Å². The van der Waals surface area contributed by atoms with Gasteiger partial charge in [-0.15, -0.1) is 0 Å². The van der Waals surface area contributed by atoms with Gasteiger partial charge in [0, 0.05) is 0 Å². The summed E-state index contributed by atoms with van der Waals surface area (Å²) in [5.41, 5.74) is 4.97. The zero-order valence-corrected chi connectivity index (χ0v) is 17.3. The van der Waals surface area contributed by atoms with Crippen LogP contribution in [-0.2, 0) is 0 Å². The van der Waals surface area contributed by atoms with E-state index in [0.29, 0.717) is 0 Å². The van der Waals surface area contributed by atoms with E-state index in [1.54, 1.807) is 11.5 Å². The third-order valence-corrected chi connectivity index (χ3v) is 15.3. The van der Waals surface area contributed by atoms with Gasteiger partial charge in [-0.2, -0.15) is 0 Å². The van der Waals surface area contributed by atoms with E-state index in [4.69, 9.17) is 4.98 Å². The average Bonchev–Trinajstić information content (AvgIpc) is 3.07. The normalized spacial score (nSPS) is 15.4. The predicted octanol–water partition coefficient (Wildman–Crippen LogP) is 5.01. The van der Waals surface area contributed by atoms with E-state index in [1.807, 2.05) is 6.20 Å². The maximum atomic E-state index is 4.70. The van der Waals surface area contributed by atoms with Crippen LogP contribution in [0.2, 0.25) is 8.26 Å². The number of hydrogen-bond acceptors (Lipinski definition) is 1. The summed E-state index contributed by atoms with van der Waals surface area (Å²) in [6, 6.07) is 16.1. The molecule has 1 fully saturated rings. The summed E-state index contributed by atoms with van der Waals surface area (Å²) >= 11 is -1.34. The molecule has 2 heterocycles. The monoisotopic (exact) mass is 497 g/mol. The average molecular weight is 497 g/mol. The fourth-order valence-corrected chi connectivity index (χ4v) is 13.6. The van der Waals surface area contributed by atoms with Gasteiger partial charge < -0.3 is 0 Å². The zero-order valence-electron chi connectivity index (χ0n) is 13.8. The number of aromatic nitrogens is 1. The van der Waals surface area contributed by atoms with Gasteiger partial charge >= 0.3 is 147 Å². The van der Waals surface area contributed by atoms with E-state index in [0.717, 1.165) is 5.69 Å². The molecule has 1 nitrogen and oxygen atoms in total. The van der Waals surface area contributed by atoms with Gasteiger partial charge in [-0.05, 0) is 0 Å². The molecule has 2 heteroatoms. The molecule has 1 aliphatic heterocycles. The van der Waals surface area contributed by atoms with Gasteiger partial charge in [-0.25, -0.2) is 0 Å². The Kier molecular flexibility index (Phi) is 4.20. The van der Waals surface area contributed by atoms with Crippen LogP contribution in [0.3, 0.4) is 0 Å². The molecule has 0 aliphatic carbocycles. The molecule has 0 saturated carbocycles. The molecule has 0 radical (unpaired) electrons. The topological polar surface area (TPSA) is 12.9 Å². The third-order valence-electron chi connectivity index (χ3n) is 4.71. The number of nitrogens with zero attached hydrogens (tertiary/aromatic N) is 1. The van der Waals surface area contributed by atoms with Gasteiger partial charge in [-0.1, -0.05) is 0 Å². The van der Waals surface area contributed by atoms with Crippen molar-refractivity contribution in [1.82, 2.24) is 4.98 Å². The molecule has 0 bridgehead atoms. The predicted molar refractivity (Wildman–Crippen MR) is 101 cm³/mol. The SMILES string of the molecule is Cc1cc(C)cc(-c2nccc3c[c]([Bi]4[CH2]CC[CH2]4)ccc23)c1. The number of aryl methyl sites for hydroxylation is 2. The molecular weight excluding hydrogens is 475 g/mol. The quantitative estimate of drug-likeness (QED) is 0.454. The molecule has 0 N–H and O–H groups in total. The standard InChI is InChI=1S/C17H14N.C4H8.Bi/c1-12-9-13(2)11-15(10-12)17-16-6-4-3-5-14(16)7-8-18-17;1-3-4-2;/h4-11H,1-2H3;1-4H2;. The van der Waals surface area contributed by atoms with Crippen LogP contribution in [0.5, 0.6) is 0 Å². The van der Waals surface area contributed by atoms with E-state index in [9.17, 15) is 0 Å². The van der Waals surface area contributed by atoms with Gasteiger partial charge in [0.15, 0.2) is 0 Å². The van der Waals surface area contributed by atoms with Crippen LogP contribution >= 0.6 is 0 Å². The molecule has 0 atom stereocenters. The van der Waals surface area contributed by atoms with Crippen molar-refractivity contribution in [2.75, 3.05) is 0 Å². The molecule has 1 saturated heterocycles. The Morgan fingerprint density at radius 1 is 0.870 bits per heavy atom. The van der Waals surface area contributed by atoms with Gasteiger partial charge in [0.2, 0.25) is 0 Å². The van der Waals surface area contributed by atoms with E-state index >= 15 is 0 Å². The Bertz CT molecular complexity index is 843. The maximum absolute atomic E-state index is 4.70. The van der Waals surface area contributed by atoms with Crippen molar-refractivity contribution in [3.05, 3.63) is 59.8 Å². The fraction of sp³-hybridized carbons (Fsp3) is 0.286. The first-order valence-electron chi connectivity index (χ1n) is 8.43. The van der Waals surface area contributed by atoms with E-state index < -0.39 is 21.8 Å². The van der Waals surface area contributed by atoms with Crippen LogP contribution in [0.25, 0.3) is 22.0 Å². The van der Waals surface area contributed by atoms with E-state index in [2.05, 4.69) is 56.3 Å². The molecule has 4 rings (SSSR count). The van der Waals surface area contributed by atoms with Gasteiger partial charge in [0.1, 0.15) is 0 Å². The summed E-state index contributed by atoms with van der Waals surface area (Å²) in [4.78, 5) is 4.70. The summed E-state index contributed by atoms with van der Waals surface area (Å²) in [5, 5.41) is 2.66. The van der Waals surface area contributed by atoms with Crippen molar-refractivity contribution in [2.24, 2.45) is 0 Å². The number of fused-ring (bicyclic) bond motifs is 1. The van der Waals surface area contributed by atoms with Crippen molar-refractivity contribution < 1.29 is 0 Å². The Labute approximate surface area is 146 Å². The van der Waals surface area contributed by atoms with Crippen LogP contribution < -0.4 is 3.27 Å². The molecule has 1 aliphatic rings. The van der Waals surface area contributed by atoms with E-state index in [1.165, 1.54) is 40.3 Å². The molecule has 23 heavy (non-hydrogen) atoms. The fourth-order valence-electron chi connectivity index (χ4n) is 3.68. The minimum absolute atomic E-state index is 1.13. The van der Waals surface area contributed by atoms with Gasteiger partial charge in [0.05, 0.1) is 0 Å². The van der Waals surface area contributed by atoms with Gasteiger partial charge in [-0.3, -0.25) is 0 Å². The Morgan fingerprint density at radius 2 is 1.61 bits per heavy atom. The molecule has 0 spiro atoms. The van der Waals surface area contributed by atoms with Crippen molar-refractivity contribution >= 4 is 35.8 Å². The Morgan fingerprint density at radius 3 is 2.35 bits per heavy atom. The first-order valence-corrected chi connectivity index (χ1v) is 15.1. The molecular formula is C21H22BiN. The van der Waals surface area contributed by atoms with Crippen molar-refractivity contribution in [2.45, 2.75) is 34.9 Å². The zero-order chi connectivity index (χ0) is 15.8. The second-order valence-electron chi connectivity index (χ2n) is 6.64. The molecule has 1 aromatic heterocycles. The third kappa shape index (κ3) is 3.06. The Hall–Kier alpha value is -1.27. The molecule has 0 amide bonds. The number of hydrogen-bond donors (Lipinski definition) is 0.